The molecular weight excluding hydrogens is 520 g/mol. The summed E-state index contributed by atoms with van der Waals surface area (Å²) in [6.07, 6.45) is 0.605. The van der Waals surface area contributed by atoms with Gasteiger partial charge in [-0.3, -0.25) is 14.6 Å². The Bertz CT molecular complexity index is 1700. The topological polar surface area (TPSA) is 95.4 Å². The highest BCUT2D eigenvalue weighted by atomic mass is 16.7. The van der Waals surface area contributed by atoms with E-state index in [4.69, 9.17) is 9.47 Å². The molecule has 9 nitrogen and oxygen atoms in total. The molecule has 9 heteroatoms. The minimum atomic E-state index is -0.104. The molecule has 2 amide bonds. The standard InChI is InChI=1S/C32H30N4O5/c1-20-15-27(26-17-23(37)6-7-28(26)33-20)32(39)36-10-9-24-21(18-36)3-2-4-25(24)31(38)35-13-11-34(12-14-35)22-5-8-29-30(16-22)41-19-40-29/h2-8,15-17,37H,9-14,18-19H2,1H3. The smallest absolute Gasteiger partial charge is 0.254 e. The maximum absolute atomic E-state index is 13.7. The largest absolute Gasteiger partial charge is 0.508 e. The van der Waals surface area contributed by atoms with Crippen molar-refractivity contribution in [2.24, 2.45) is 0 Å². The van der Waals surface area contributed by atoms with Crippen molar-refractivity contribution in [3.05, 3.63) is 88.6 Å². The molecule has 4 aromatic rings. The van der Waals surface area contributed by atoms with Crippen LogP contribution in [-0.2, 0) is 13.0 Å². The summed E-state index contributed by atoms with van der Waals surface area (Å²) in [5.74, 6) is 1.56. The minimum Gasteiger partial charge on any atom is -0.508 e. The Hall–Kier alpha value is -4.79. The van der Waals surface area contributed by atoms with Crippen molar-refractivity contribution in [3.63, 3.8) is 0 Å². The van der Waals surface area contributed by atoms with Gasteiger partial charge in [0.1, 0.15) is 5.75 Å². The molecular formula is C32H30N4O5. The van der Waals surface area contributed by atoms with Crippen molar-refractivity contribution in [2.75, 3.05) is 44.4 Å². The molecule has 0 spiro atoms. The third kappa shape index (κ3) is 4.57. The predicted molar refractivity (Wildman–Crippen MR) is 154 cm³/mol. The van der Waals surface area contributed by atoms with Gasteiger partial charge in [0.25, 0.3) is 11.8 Å². The van der Waals surface area contributed by atoms with Crippen molar-refractivity contribution in [1.82, 2.24) is 14.8 Å². The maximum Gasteiger partial charge on any atom is 0.254 e. The molecule has 208 valence electrons. The van der Waals surface area contributed by atoms with Crippen molar-refractivity contribution < 1.29 is 24.2 Å². The van der Waals surface area contributed by atoms with Gasteiger partial charge in [-0.25, -0.2) is 0 Å². The average molecular weight is 551 g/mol. The Labute approximate surface area is 237 Å². The highest BCUT2D eigenvalue weighted by Gasteiger charge is 2.29. The summed E-state index contributed by atoms with van der Waals surface area (Å²) < 4.78 is 11.0. The first-order valence-corrected chi connectivity index (χ1v) is 13.9. The average Bonchev–Trinajstić information content (AvgIpc) is 3.48. The molecule has 0 bridgehead atoms. The van der Waals surface area contributed by atoms with E-state index in [1.807, 2.05) is 53.1 Å². The molecule has 1 N–H and O–H groups in total. The molecule has 7 rings (SSSR count). The van der Waals surface area contributed by atoms with Crippen molar-refractivity contribution in [3.8, 4) is 17.2 Å². The monoisotopic (exact) mass is 550 g/mol. The number of rotatable bonds is 3. The van der Waals surface area contributed by atoms with E-state index in [0.717, 1.165) is 52.7 Å². The summed E-state index contributed by atoms with van der Waals surface area (Å²) in [7, 11) is 0. The molecule has 0 unspecified atom stereocenters. The summed E-state index contributed by atoms with van der Waals surface area (Å²) in [5.41, 5.74) is 5.75. The molecule has 3 aliphatic rings. The first-order chi connectivity index (χ1) is 19.9. The number of piperazine rings is 1. The van der Waals surface area contributed by atoms with Crippen LogP contribution in [-0.4, -0.2) is 71.2 Å². The van der Waals surface area contributed by atoms with E-state index in [0.29, 0.717) is 49.1 Å². The van der Waals surface area contributed by atoms with E-state index < -0.39 is 0 Å². The van der Waals surface area contributed by atoms with E-state index in [-0.39, 0.29) is 24.4 Å². The Morgan fingerprint density at radius 1 is 0.829 bits per heavy atom. The van der Waals surface area contributed by atoms with Crippen LogP contribution in [0.2, 0.25) is 0 Å². The quantitative estimate of drug-likeness (QED) is 0.410. The molecule has 0 atom stereocenters. The molecule has 0 radical (unpaired) electrons. The summed E-state index contributed by atoms with van der Waals surface area (Å²) in [6.45, 7) is 5.77. The number of phenols is 1. The third-order valence-electron chi connectivity index (χ3n) is 8.22. The fourth-order valence-corrected chi connectivity index (χ4v) is 6.10. The van der Waals surface area contributed by atoms with Gasteiger partial charge in [-0.2, -0.15) is 0 Å². The Kier molecular flexibility index (Phi) is 6.14. The second-order valence-electron chi connectivity index (χ2n) is 10.7. The van der Waals surface area contributed by atoms with Crippen LogP contribution < -0.4 is 14.4 Å². The molecule has 4 heterocycles. The maximum atomic E-state index is 13.7. The van der Waals surface area contributed by atoms with Crippen molar-refractivity contribution in [2.45, 2.75) is 19.9 Å². The normalized spacial score (nSPS) is 16.2. The van der Waals surface area contributed by atoms with E-state index in [1.54, 1.807) is 24.3 Å². The van der Waals surface area contributed by atoms with Gasteiger partial charge in [-0.1, -0.05) is 12.1 Å². The summed E-state index contributed by atoms with van der Waals surface area (Å²) in [5, 5.41) is 10.7. The van der Waals surface area contributed by atoms with Crippen molar-refractivity contribution >= 4 is 28.4 Å². The molecule has 1 saturated heterocycles. The summed E-state index contributed by atoms with van der Waals surface area (Å²) in [6, 6.07) is 18.5. The molecule has 1 aromatic heterocycles. The lowest BCUT2D eigenvalue weighted by molar-refractivity contribution is 0.0732. The van der Waals surface area contributed by atoms with Gasteiger partial charge >= 0.3 is 0 Å². The Morgan fingerprint density at radius 3 is 2.49 bits per heavy atom. The number of hydrogen-bond acceptors (Lipinski definition) is 7. The molecule has 41 heavy (non-hydrogen) atoms. The minimum absolute atomic E-state index is 0.0400. The number of nitrogens with zero attached hydrogens (tertiary/aromatic N) is 4. The van der Waals surface area contributed by atoms with Crippen LogP contribution in [0.5, 0.6) is 17.2 Å². The number of aryl methyl sites for hydroxylation is 1. The van der Waals surface area contributed by atoms with Gasteiger partial charge in [-0.05, 0) is 66.9 Å². The van der Waals surface area contributed by atoms with Crippen LogP contribution in [0, 0.1) is 6.92 Å². The highest BCUT2D eigenvalue weighted by Crippen LogP contribution is 2.36. The second-order valence-corrected chi connectivity index (χ2v) is 10.7. The molecule has 0 saturated carbocycles. The lowest BCUT2D eigenvalue weighted by Crippen LogP contribution is -2.49. The van der Waals surface area contributed by atoms with Gasteiger partial charge < -0.3 is 29.3 Å². The van der Waals surface area contributed by atoms with E-state index in [1.165, 1.54) is 0 Å². The fraction of sp³-hybridized carbons (Fsp3) is 0.281. The lowest BCUT2D eigenvalue weighted by Gasteiger charge is -2.37. The number of anilines is 1. The Balaban J connectivity index is 1.07. The zero-order valence-electron chi connectivity index (χ0n) is 22.8. The van der Waals surface area contributed by atoms with Crippen LogP contribution in [0.15, 0.2) is 60.7 Å². The predicted octanol–water partition coefficient (Wildman–Crippen LogP) is 4.14. The number of phenolic OH excluding ortho intramolecular Hbond substituents is 1. The highest BCUT2D eigenvalue weighted by molar-refractivity contribution is 6.06. The molecule has 3 aromatic carbocycles. The van der Waals surface area contributed by atoms with Crippen LogP contribution in [0.4, 0.5) is 5.69 Å². The number of pyridine rings is 1. The Morgan fingerprint density at radius 2 is 1.63 bits per heavy atom. The number of hydrogen-bond donors (Lipinski definition) is 1. The van der Waals surface area contributed by atoms with Crippen LogP contribution in [0.3, 0.4) is 0 Å². The zero-order valence-corrected chi connectivity index (χ0v) is 22.8. The number of amides is 2. The fourth-order valence-electron chi connectivity index (χ4n) is 6.10. The van der Waals surface area contributed by atoms with Crippen LogP contribution >= 0.6 is 0 Å². The van der Waals surface area contributed by atoms with Gasteiger partial charge in [0.05, 0.1) is 11.1 Å². The van der Waals surface area contributed by atoms with E-state index in [2.05, 4.69) is 9.88 Å². The third-order valence-corrected chi connectivity index (χ3v) is 8.22. The van der Waals surface area contributed by atoms with Gasteiger partial charge in [-0.15, -0.1) is 0 Å². The van der Waals surface area contributed by atoms with E-state index in [9.17, 15) is 14.7 Å². The van der Waals surface area contributed by atoms with Crippen LogP contribution in [0.25, 0.3) is 10.9 Å². The lowest BCUT2D eigenvalue weighted by atomic mass is 9.93. The SMILES string of the molecule is Cc1cc(C(=O)N2CCc3c(cccc3C(=O)N3CCN(c4ccc5c(c4)OCO5)CC3)C2)c2cc(O)ccc2n1. The first kappa shape index (κ1) is 25.2. The number of aromatic hydroxyl groups is 1. The zero-order chi connectivity index (χ0) is 28.1. The van der Waals surface area contributed by atoms with Crippen molar-refractivity contribution in [1.29, 1.82) is 0 Å². The second kappa shape index (κ2) is 9.99. The molecule has 1 fully saturated rings. The number of fused-ring (bicyclic) bond motifs is 3. The summed E-state index contributed by atoms with van der Waals surface area (Å²) >= 11 is 0. The molecule has 0 aliphatic carbocycles. The number of ether oxygens (including phenoxy) is 2. The van der Waals surface area contributed by atoms with Gasteiger partial charge in [0, 0.05) is 67.7 Å². The molecule has 3 aliphatic heterocycles. The van der Waals surface area contributed by atoms with Gasteiger partial charge in [0.2, 0.25) is 6.79 Å². The number of aromatic nitrogens is 1. The number of carbonyl (C=O) groups is 2. The first-order valence-electron chi connectivity index (χ1n) is 13.9. The van der Waals surface area contributed by atoms with E-state index >= 15 is 0 Å². The number of carbonyl (C=O) groups excluding carboxylic acids is 2. The van der Waals surface area contributed by atoms with Gasteiger partial charge in [0.15, 0.2) is 11.5 Å². The number of benzene rings is 3. The van der Waals surface area contributed by atoms with Crippen LogP contribution in [0.1, 0.15) is 37.5 Å². The summed E-state index contributed by atoms with van der Waals surface area (Å²) in [4.78, 5) is 37.9.